The van der Waals surface area contributed by atoms with Crippen molar-refractivity contribution < 1.29 is 23.1 Å². The summed E-state index contributed by atoms with van der Waals surface area (Å²) in [6.45, 7) is 3.39. The van der Waals surface area contributed by atoms with Gasteiger partial charge in [-0.1, -0.05) is 30.3 Å². The average molecular weight is 331 g/mol. The van der Waals surface area contributed by atoms with Gasteiger partial charge in [-0.2, -0.15) is 13.2 Å². The number of alkyl halides is 3. The molecule has 1 N–H and O–H groups in total. The Bertz CT molecular complexity index is 662. The maximum absolute atomic E-state index is 13.1. The van der Waals surface area contributed by atoms with Crippen molar-refractivity contribution in [2.75, 3.05) is 0 Å². The van der Waals surface area contributed by atoms with Crippen molar-refractivity contribution in [3.05, 3.63) is 46.7 Å². The van der Waals surface area contributed by atoms with Crippen LogP contribution < -0.4 is 0 Å². The number of allylic oxidation sites excluding steroid dienone is 1. The normalized spacial score (nSPS) is 25.6. The van der Waals surface area contributed by atoms with Crippen LogP contribution in [-0.2, 0) is 5.41 Å². The molecule has 2 atom stereocenters. The van der Waals surface area contributed by atoms with Gasteiger partial charge in [-0.25, -0.2) is 0 Å². The third-order valence-electron chi connectivity index (χ3n) is 4.62. The van der Waals surface area contributed by atoms with Crippen molar-refractivity contribution in [1.29, 1.82) is 0 Å². The molecule has 2 saturated carbocycles. The van der Waals surface area contributed by atoms with Gasteiger partial charge in [0.05, 0.1) is 11.2 Å². The first-order valence-corrected chi connectivity index (χ1v) is 7.34. The van der Waals surface area contributed by atoms with Gasteiger partial charge >= 0.3 is 6.18 Å². The molecule has 2 aliphatic rings. The molecule has 0 aromatic heterocycles. The lowest BCUT2D eigenvalue weighted by molar-refractivity contribution is -0.160. The molecule has 2 nitrogen and oxygen atoms in total. The Kier molecular flexibility index (Phi) is 3.33. The third kappa shape index (κ3) is 2.32. The first kappa shape index (κ1) is 15.4. The number of carbonyl (C=O) groups is 1. The summed E-state index contributed by atoms with van der Waals surface area (Å²) in [6, 6.07) is 4.01. The van der Waals surface area contributed by atoms with Crippen LogP contribution in [0.25, 0.3) is 0 Å². The summed E-state index contributed by atoms with van der Waals surface area (Å²) >= 11 is 6.01. The second-order valence-electron chi connectivity index (χ2n) is 6.08. The Labute approximate surface area is 130 Å². The first-order valence-electron chi connectivity index (χ1n) is 6.96. The first-order chi connectivity index (χ1) is 10.2. The molecule has 1 aromatic carbocycles. The molecule has 0 saturated heterocycles. The summed E-state index contributed by atoms with van der Waals surface area (Å²) in [7, 11) is 0. The molecule has 2 fully saturated rings. The highest BCUT2D eigenvalue weighted by Crippen LogP contribution is 2.60. The summed E-state index contributed by atoms with van der Waals surface area (Å²) in [5, 5.41) is 9.24. The molecule has 0 aliphatic heterocycles. The number of hydrogen-bond acceptors (Lipinski definition) is 2. The molecule has 0 amide bonds. The fourth-order valence-electron chi connectivity index (χ4n) is 2.95. The van der Waals surface area contributed by atoms with Crippen LogP contribution in [0, 0.1) is 11.8 Å². The number of ketones is 1. The predicted octanol–water partition coefficient (Wildman–Crippen LogP) is 4.82. The average Bonchev–Trinajstić information content (AvgIpc) is 3.28. The Hall–Kier alpha value is -1.49. The van der Waals surface area contributed by atoms with E-state index in [1.54, 1.807) is 0 Å². The van der Waals surface area contributed by atoms with Crippen LogP contribution in [0.5, 0.6) is 0 Å². The Morgan fingerprint density at radius 2 is 1.95 bits per heavy atom. The second-order valence-corrected chi connectivity index (χ2v) is 6.49. The van der Waals surface area contributed by atoms with E-state index in [9.17, 15) is 23.1 Å². The van der Waals surface area contributed by atoms with E-state index in [1.165, 1.54) is 18.2 Å². The summed E-state index contributed by atoms with van der Waals surface area (Å²) in [5.74, 6) is -0.853. The topological polar surface area (TPSA) is 37.3 Å². The molecule has 6 heteroatoms. The maximum atomic E-state index is 13.1. The van der Waals surface area contributed by atoms with Crippen molar-refractivity contribution in [3.63, 3.8) is 0 Å². The number of hydrogen-bond donors (Lipinski definition) is 1. The molecule has 118 valence electrons. The number of aliphatic hydroxyl groups is 1. The Morgan fingerprint density at radius 3 is 2.36 bits per heavy atom. The summed E-state index contributed by atoms with van der Waals surface area (Å²) in [5.41, 5.74) is -1.54. The van der Waals surface area contributed by atoms with Crippen LogP contribution in [0.4, 0.5) is 13.2 Å². The molecule has 1 aromatic rings. The van der Waals surface area contributed by atoms with Crippen LogP contribution in [-0.4, -0.2) is 17.1 Å². The van der Waals surface area contributed by atoms with Crippen molar-refractivity contribution >= 4 is 17.4 Å². The summed E-state index contributed by atoms with van der Waals surface area (Å²) in [4.78, 5) is 12.2. The van der Waals surface area contributed by atoms with E-state index in [-0.39, 0.29) is 52.4 Å². The highest BCUT2D eigenvalue weighted by atomic mass is 35.5. The third-order valence-corrected chi connectivity index (χ3v) is 4.93. The monoisotopic (exact) mass is 330 g/mol. The van der Waals surface area contributed by atoms with E-state index in [0.29, 0.717) is 6.42 Å². The van der Waals surface area contributed by atoms with Gasteiger partial charge in [0.25, 0.3) is 0 Å². The van der Waals surface area contributed by atoms with Crippen molar-refractivity contribution in [3.8, 4) is 0 Å². The lowest BCUT2D eigenvalue weighted by Crippen LogP contribution is -2.29. The number of benzene rings is 1. The van der Waals surface area contributed by atoms with Crippen LogP contribution in [0.1, 0.15) is 35.2 Å². The Morgan fingerprint density at radius 1 is 1.32 bits per heavy atom. The van der Waals surface area contributed by atoms with Crippen LogP contribution in [0.3, 0.4) is 0 Å². The predicted molar refractivity (Wildman–Crippen MR) is 76.1 cm³/mol. The summed E-state index contributed by atoms with van der Waals surface area (Å²) < 4.78 is 39.4. The van der Waals surface area contributed by atoms with E-state index >= 15 is 0 Å². The highest BCUT2D eigenvalue weighted by Gasteiger charge is 2.64. The van der Waals surface area contributed by atoms with E-state index in [1.807, 2.05) is 0 Å². The molecule has 0 bridgehead atoms. The van der Waals surface area contributed by atoms with Gasteiger partial charge in [-0.15, -0.1) is 0 Å². The Balaban J connectivity index is 1.85. The molecule has 22 heavy (non-hydrogen) atoms. The van der Waals surface area contributed by atoms with Gasteiger partial charge in [0, 0.05) is 22.4 Å². The largest absolute Gasteiger partial charge is 0.513 e. The maximum Gasteiger partial charge on any atom is 0.398 e. The minimum Gasteiger partial charge on any atom is -0.513 e. The molecule has 0 heterocycles. The number of halogens is 4. The van der Waals surface area contributed by atoms with Crippen molar-refractivity contribution in [2.45, 2.75) is 30.9 Å². The summed E-state index contributed by atoms with van der Waals surface area (Å²) in [6.07, 6.45) is -3.77. The van der Waals surface area contributed by atoms with E-state index in [0.717, 1.165) is 0 Å². The lowest BCUT2D eigenvalue weighted by Gasteiger charge is -2.21. The van der Waals surface area contributed by atoms with Gasteiger partial charge in [0.1, 0.15) is 0 Å². The van der Waals surface area contributed by atoms with Crippen LogP contribution >= 0.6 is 11.6 Å². The lowest BCUT2D eigenvalue weighted by atomic mass is 9.93. The van der Waals surface area contributed by atoms with Gasteiger partial charge in [0.15, 0.2) is 5.78 Å². The van der Waals surface area contributed by atoms with Gasteiger partial charge in [-0.05, 0) is 30.9 Å². The molecule has 0 radical (unpaired) electrons. The quantitative estimate of drug-likeness (QED) is 0.634. The van der Waals surface area contributed by atoms with Gasteiger partial charge in [0.2, 0.25) is 0 Å². The fraction of sp³-hybridized carbons (Fsp3) is 0.438. The minimum atomic E-state index is -4.33. The van der Waals surface area contributed by atoms with Crippen molar-refractivity contribution in [2.24, 2.45) is 11.8 Å². The zero-order valence-corrected chi connectivity index (χ0v) is 12.3. The van der Waals surface area contributed by atoms with Crippen LogP contribution in [0.2, 0.25) is 5.02 Å². The minimum absolute atomic E-state index is 0.0263. The molecule has 0 spiro atoms. The van der Waals surface area contributed by atoms with Gasteiger partial charge in [-0.3, -0.25) is 4.79 Å². The van der Waals surface area contributed by atoms with Crippen molar-refractivity contribution in [1.82, 2.24) is 0 Å². The second kappa shape index (κ2) is 4.75. The molecule has 3 rings (SSSR count). The zero-order valence-electron chi connectivity index (χ0n) is 11.6. The number of aliphatic hydroxyl groups excluding tert-OH is 1. The number of Topliss-reactive ketones (excluding diaryl/α,β-unsaturated/α-hetero) is 1. The highest BCUT2D eigenvalue weighted by molar-refractivity contribution is 6.32. The standard InChI is InChI=1S/C16H14ClF3O2/c1-8(21)10-7-11(10)14(22)9-2-3-12(13(17)6-9)15(4-5-15)16(18,19)20/h2-3,6,10-11,21H,1,4-5,7H2/t10-,11+/m1/s1. The van der Waals surface area contributed by atoms with Gasteiger partial charge < -0.3 is 5.11 Å². The zero-order chi connectivity index (χ0) is 16.3. The molecular formula is C16H14ClF3O2. The molecule has 2 aliphatic carbocycles. The van der Waals surface area contributed by atoms with E-state index < -0.39 is 11.6 Å². The smallest absolute Gasteiger partial charge is 0.398 e. The fourth-order valence-corrected chi connectivity index (χ4v) is 3.32. The number of carbonyl (C=O) groups excluding carboxylic acids is 1. The number of rotatable bonds is 4. The van der Waals surface area contributed by atoms with E-state index in [4.69, 9.17) is 11.6 Å². The SMILES string of the molecule is C=C(O)[C@H]1C[C@@H]1C(=O)c1ccc(C2(C(F)(F)F)CC2)c(Cl)c1. The van der Waals surface area contributed by atoms with Crippen LogP contribution in [0.15, 0.2) is 30.5 Å². The molecular weight excluding hydrogens is 317 g/mol. The molecule has 0 unspecified atom stereocenters. The van der Waals surface area contributed by atoms with E-state index in [2.05, 4.69) is 6.58 Å².